The number of nitrogens with two attached hydrogens (primary N) is 1. The van der Waals surface area contributed by atoms with Crippen LogP contribution in [-0.2, 0) is 0 Å². The third kappa shape index (κ3) is 2.30. The number of rotatable bonds is 3. The van der Waals surface area contributed by atoms with Crippen LogP contribution in [0.15, 0.2) is 12.4 Å². The van der Waals surface area contributed by atoms with Gasteiger partial charge in [-0.3, -0.25) is 0 Å². The summed E-state index contributed by atoms with van der Waals surface area (Å²) in [7, 11) is 0. The Hall–Kier alpha value is -2.03. The van der Waals surface area contributed by atoms with Crippen molar-refractivity contribution in [3.05, 3.63) is 12.4 Å². The van der Waals surface area contributed by atoms with E-state index in [9.17, 15) is 0 Å². The lowest BCUT2D eigenvalue weighted by molar-refractivity contribution is 0.795. The zero-order chi connectivity index (χ0) is 12.4. The highest BCUT2D eigenvalue weighted by atomic mass is 32.1. The zero-order valence-electron chi connectivity index (χ0n) is 9.52. The van der Waals surface area contributed by atoms with Gasteiger partial charge >= 0.3 is 0 Å². The molecular formula is C9H12N8S. The predicted octanol–water partition coefficient (Wildman–Crippen LogP) is -0.00390. The second-order valence-corrected chi connectivity index (χ2v) is 4.97. The van der Waals surface area contributed by atoms with Crippen LogP contribution in [0, 0.1) is 0 Å². The van der Waals surface area contributed by atoms with E-state index in [2.05, 4.69) is 35.6 Å². The SMILES string of the molecule is Nc1nnc(N[C@@H]2CCN(c3nccnn3)C2)s1. The minimum absolute atomic E-state index is 0.307. The molecule has 0 unspecified atom stereocenters. The van der Waals surface area contributed by atoms with E-state index in [1.54, 1.807) is 12.4 Å². The van der Waals surface area contributed by atoms with Gasteiger partial charge in [0.05, 0.1) is 12.4 Å². The van der Waals surface area contributed by atoms with E-state index in [1.165, 1.54) is 11.3 Å². The van der Waals surface area contributed by atoms with Crippen molar-refractivity contribution < 1.29 is 0 Å². The normalized spacial score (nSPS) is 19.1. The van der Waals surface area contributed by atoms with Crippen molar-refractivity contribution in [1.29, 1.82) is 0 Å². The summed E-state index contributed by atoms with van der Waals surface area (Å²) in [6.07, 6.45) is 4.21. The molecule has 0 amide bonds. The van der Waals surface area contributed by atoms with Crippen LogP contribution in [0.5, 0.6) is 0 Å². The molecule has 18 heavy (non-hydrogen) atoms. The molecule has 1 aliphatic rings. The number of hydrogen-bond donors (Lipinski definition) is 2. The molecule has 0 saturated carbocycles. The molecule has 1 saturated heterocycles. The number of aromatic nitrogens is 5. The maximum atomic E-state index is 5.54. The lowest BCUT2D eigenvalue weighted by atomic mass is 10.3. The molecule has 0 radical (unpaired) electrons. The van der Waals surface area contributed by atoms with Crippen molar-refractivity contribution in [3.63, 3.8) is 0 Å². The van der Waals surface area contributed by atoms with E-state index in [0.29, 0.717) is 17.1 Å². The Morgan fingerprint density at radius 2 is 2.28 bits per heavy atom. The van der Waals surface area contributed by atoms with Crippen molar-refractivity contribution in [1.82, 2.24) is 25.4 Å². The molecule has 8 nitrogen and oxygen atoms in total. The Bertz CT molecular complexity index is 514. The van der Waals surface area contributed by atoms with Gasteiger partial charge in [0.15, 0.2) is 0 Å². The van der Waals surface area contributed by atoms with Gasteiger partial charge in [-0.2, -0.15) is 5.10 Å². The Balaban J connectivity index is 1.62. The largest absolute Gasteiger partial charge is 0.374 e. The molecule has 9 heteroatoms. The van der Waals surface area contributed by atoms with Gasteiger partial charge in [0.1, 0.15) is 0 Å². The molecule has 3 rings (SSSR count). The van der Waals surface area contributed by atoms with Gasteiger partial charge < -0.3 is 16.0 Å². The molecule has 1 fully saturated rings. The summed E-state index contributed by atoms with van der Waals surface area (Å²) in [6.45, 7) is 1.73. The Labute approximate surface area is 107 Å². The van der Waals surface area contributed by atoms with Gasteiger partial charge in [-0.1, -0.05) is 11.3 Å². The molecule has 0 bridgehead atoms. The lowest BCUT2D eigenvalue weighted by Crippen LogP contribution is -2.27. The smallest absolute Gasteiger partial charge is 0.245 e. The maximum Gasteiger partial charge on any atom is 0.245 e. The molecule has 0 spiro atoms. The fourth-order valence-electron chi connectivity index (χ4n) is 1.91. The van der Waals surface area contributed by atoms with Gasteiger partial charge in [-0.25, -0.2) is 4.98 Å². The number of nitrogen functional groups attached to an aromatic ring is 1. The summed E-state index contributed by atoms with van der Waals surface area (Å²) < 4.78 is 0. The minimum Gasteiger partial charge on any atom is -0.374 e. The second kappa shape index (κ2) is 4.69. The van der Waals surface area contributed by atoms with Crippen LogP contribution in [-0.4, -0.2) is 44.5 Å². The van der Waals surface area contributed by atoms with Gasteiger partial charge in [-0.05, 0) is 6.42 Å². The van der Waals surface area contributed by atoms with E-state index in [4.69, 9.17) is 5.73 Å². The van der Waals surface area contributed by atoms with Crippen molar-refractivity contribution in [2.45, 2.75) is 12.5 Å². The quantitative estimate of drug-likeness (QED) is 0.797. The predicted molar refractivity (Wildman–Crippen MR) is 68.4 cm³/mol. The number of hydrogen-bond acceptors (Lipinski definition) is 9. The molecule has 3 heterocycles. The van der Waals surface area contributed by atoms with E-state index in [1.807, 2.05) is 0 Å². The first kappa shape index (κ1) is 11.1. The summed E-state index contributed by atoms with van der Waals surface area (Å²) >= 11 is 1.35. The lowest BCUT2D eigenvalue weighted by Gasteiger charge is -2.15. The minimum atomic E-state index is 0.307. The van der Waals surface area contributed by atoms with Gasteiger partial charge in [0, 0.05) is 19.1 Å². The van der Waals surface area contributed by atoms with Crippen LogP contribution in [0.2, 0.25) is 0 Å². The maximum absolute atomic E-state index is 5.54. The third-order valence-corrected chi connectivity index (χ3v) is 3.39. The molecule has 2 aromatic rings. The van der Waals surface area contributed by atoms with Crippen molar-refractivity contribution in [2.24, 2.45) is 0 Å². The first-order valence-electron chi connectivity index (χ1n) is 5.55. The Morgan fingerprint density at radius 1 is 1.33 bits per heavy atom. The Morgan fingerprint density at radius 3 is 3.00 bits per heavy atom. The third-order valence-electron chi connectivity index (χ3n) is 2.71. The van der Waals surface area contributed by atoms with Crippen molar-refractivity contribution in [2.75, 3.05) is 29.0 Å². The standard InChI is InChI=1S/C9H12N8S/c10-7-14-16-9(18-7)13-6-1-4-17(5-6)8-11-2-3-12-15-8/h2-3,6H,1,4-5H2,(H2,10,14)(H,13,16)/t6-/m1/s1. The molecule has 1 atom stereocenters. The van der Waals surface area contributed by atoms with E-state index in [0.717, 1.165) is 24.6 Å². The molecule has 1 aliphatic heterocycles. The van der Waals surface area contributed by atoms with Gasteiger partial charge in [-0.15, -0.1) is 15.3 Å². The first-order chi connectivity index (χ1) is 8.81. The van der Waals surface area contributed by atoms with Crippen molar-refractivity contribution >= 4 is 27.5 Å². The van der Waals surface area contributed by atoms with E-state index in [-0.39, 0.29) is 0 Å². The average Bonchev–Trinajstić information content (AvgIpc) is 3.01. The van der Waals surface area contributed by atoms with E-state index < -0.39 is 0 Å². The fourth-order valence-corrected chi connectivity index (χ4v) is 2.50. The average molecular weight is 264 g/mol. The van der Waals surface area contributed by atoms with E-state index >= 15 is 0 Å². The topological polar surface area (TPSA) is 106 Å². The summed E-state index contributed by atoms with van der Waals surface area (Å²) in [4.78, 5) is 6.28. The highest BCUT2D eigenvalue weighted by Crippen LogP contribution is 2.21. The van der Waals surface area contributed by atoms with Crippen molar-refractivity contribution in [3.8, 4) is 0 Å². The number of nitrogens with one attached hydrogen (secondary N) is 1. The highest BCUT2D eigenvalue weighted by Gasteiger charge is 2.25. The summed E-state index contributed by atoms with van der Waals surface area (Å²) in [5, 5.41) is 20.1. The van der Waals surface area contributed by atoms with Gasteiger partial charge in [0.25, 0.3) is 0 Å². The van der Waals surface area contributed by atoms with Crippen LogP contribution in [0.3, 0.4) is 0 Å². The molecule has 0 aromatic carbocycles. The highest BCUT2D eigenvalue weighted by molar-refractivity contribution is 7.18. The number of anilines is 3. The summed E-state index contributed by atoms with van der Waals surface area (Å²) in [5.41, 5.74) is 5.54. The molecule has 3 N–H and O–H groups in total. The second-order valence-electron chi connectivity index (χ2n) is 3.96. The fraction of sp³-hybridized carbons (Fsp3) is 0.444. The van der Waals surface area contributed by atoms with Crippen LogP contribution >= 0.6 is 11.3 Å². The van der Waals surface area contributed by atoms with Crippen LogP contribution in [0.1, 0.15) is 6.42 Å². The molecule has 0 aliphatic carbocycles. The molecular weight excluding hydrogens is 252 g/mol. The zero-order valence-corrected chi connectivity index (χ0v) is 10.3. The monoisotopic (exact) mass is 264 g/mol. The van der Waals surface area contributed by atoms with Crippen LogP contribution in [0.4, 0.5) is 16.2 Å². The van der Waals surface area contributed by atoms with Crippen LogP contribution < -0.4 is 16.0 Å². The molecule has 94 valence electrons. The molecule has 2 aromatic heterocycles. The van der Waals surface area contributed by atoms with Gasteiger partial charge in [0.2, 0.25) is 16.2 Å². The number of nitrogens with zero attached hydrogens (tertiary/aromatic N) is 6. The van der Waals surface area contributed by atoms with Crippen LogP contribution in [0.25, 0.3) is 0 Å². The first-order valence-corrected chi connectivity index (χ1v) is 6.37. The summed E-state index contributed by atoms with van der Waals surface area (Å²) in [5.74, 6) is 0.665. The summed E-state index contributed by atoms with van der Waals surface area (Å²) in [6, 6.07) is 0.307. The Kier molecular flexibility index (Phi) is 2.89.